The van der Waals surface area contributed by atoms with E-state index in [1.165, 1.54) is 23.2 Å². The zero-order valence-corrected chi connectivity index (χ0v) is 19.4. The lowest BCUT2D eigenvalue weighted by molar-refractivity contribution is -0.106. The smallest absolute Gasteiger partial charge is 0.267 e. The molecule has 174 valence electrons. The number of benzene rings is 2. The molecule has 0 aliphatic carbocycles. The number of rotatable bonds is 9. The van der Waals surface area contributed by atoms with Crippen LogP contribution in [-0.4, -0.2) is 42.2 Å². The van der Waals surface area contributed by atoms with E-state index >= 15 is 0 Å². The van der Waals surface area contributed by atoms with Crippen molar-refractivity contribution in [1.29, 1.82) is 0 Å². The predicted molar refractivity (Wildman–Crippen MR) is 129 cm³/mol. The van der Waals surface area contributed by atoms with Gasteiger partial charge in [0, 0.05) is 30.8 Å². The van der Waals surface area contributed by atoms with Crippen LogP contribution in [-0.2, 0) is 22.5 Å². The summed E-state index contributed by atoms with van der Waals surface area (Å²) in [7, 11) is 1.59. The first-order chi connectivity index (χ1) is 16.0. The van der Waals surface area contributed by atoms with E-state index < -0.39 is 0 Å². The van der Waals surface area contributed by atoms with Gasteiger partial charge in [-0.15, -0.1) is 0 Å². The quantitative estimate of drug-likeness (QED) is 0.399. The molecule has 0 radical (unpaired) electrons. The van der Waals surface area contributed by atoms with Crippen LogP contribution in [0.25, 0.3) is 11.3 Å². The number of aryl methyl sites for hydroxylation is 1. The fourth-order valence-corrected chi connectivity index (χ4v) is 3.22. The monoisotopic (exact) mass is 449 g/mol. The molecule has 0 saturated carbocycles. The van der Waals surface area contributed by atoms with E-state index in [0.29, 0.717) is 31.0 Å². The Morgan fingerprint density at radius 2 is 1.79 bits per heavy atom. The second-order valence-corrected chi connectivity index (χ2v) is 7.35. The Labute approximate surface area is 194 Å². The van der Waals surface area contributed by atoms with E-state index in [1.807, 2.05) is 24.3 Å². The molecule has 33 heavy (non-hydrogen) atoms. The largest absolute Gasteiger partial charge is 0.383 e. The molecule has 7 nitrogen and oxygen atoms in total. The van der Waals surface area contributed by atoms with Gasteiger partial charge in [0.15, 0.2) is 0 Å². The van der Waals surface area contributed by atoms with Crippen molar-refractivity contribution in [3.8, 4) is 11.3 Å². The lowest BCUT2D eigenvalue weighted by Crippen LogP contribution is -2.26. The first kappa shape index (κ1) is 25.7. The lowest BCUT2D eigenvalue weighted by atomic mass is 10.1. The maximum absolute atomic E-state index is 12.3. The summed E-state index contributed by atoms with van der Waals surface area (Å²) < 4.78 is 6.41. The zero-order chi connectivity index (χ0) is 24.1. The molecule has 3 aromatic rings. The summed E-state index contributed by atoms with van der Waals surface area (Å²) in [5.74, 6) is -0.150. The van der Waals surface area contributed by atoms with Crippen LogP contribution in [0.5, 0.6) is 0 Å². The summed E-state index contributed by atoms with van der Waals surface area (Å²) in [5.41, 5.74) is 4.27. The topological polar surface area (TPSA) is 90.3 Å². The minimum Gasteiger partial charge on any atom is -0.383 e. The predicted octanol–water partition coefficient (Wildman–Crippen LogP) is 3.49. The summed E-state index contributed by atoms with van der Waals surface area (Å²) in [5, 5.41) is 7.33. The Morgan fingerprint density at radius 1 is 1.09 bits per heavy atom. The minimum atomic E-state index is -0.150. The molecule has 0 aliphatic rings. The molecule has 0 saturated heterocycles. The van der Waals surface area contributed by atoms with Gasteiger partial charge in [0.25, 0.3) is 11.5 Å². The number of carbonyl (C=O) groups excluding carboxylic acids is 2. The van der Waals surface area contributed by atoms with Gasteiger partial charge in [-0.1, -0.05) is 49.7 Å². The molecule has 3 rings (SSSR count). The van der Waals surface area contributed by atoms with Gasteiger partial charge in [0.2, 0.25) is 0 Å². The molecule has 0 aliphatic heterocycles. The number of aromatic nitrogens is 2. The number of hydrogen-bond donors (Lipinski definition) is 1. The summed E-state index contributed by atoms with van der Waals surface area (Å²) in [6, 6.07) is 18.7. The van der Waals surface area contributed by atoms with Crippen molar-refractivity contribution < 1.29 is 14.3 Å². The number of methoxy groups -OCH3 is 1. The van der Waals surface area contributed by atoms with Crippen LogP contribution in [0.1, 0.15) is 41.8 Å². The second-order valence-electron chi connectivity index (χ2n) is 7.35. The van der Waals surface area contributed by atoms with E-state index in [-0.39, 0.29) is 11.5 Å². The highest BCUT2D eigenvalue weighted by Gasteiger charge is 2.08. The van der Waals surface area contributed by atoms with Gasteiger partial charge >= 0.3 is 0 Å². The van der Waals surface area contributed by atoms with Gasteiger partial charge < -0.3 is 14.8 Å². The molecule has 0 unspecified atom stereocenters. The molecule has 1 heterocycles. The standard InChI is InChI=1S/C24H27N3O3.C2H4O/c1-3-5-18-6-4-7-19(16-18)17-27-23(28)13-12-22(26-27)20-8-10-21(11-9-20)24(29)25-14-15-30-2;1-2-3/h4,6-13,16H,3,5,14-15,17H2,1-2H3,(H,25,29);2H,1H3. The Bertz CT molecular complexity index is 1090. The summed E-state index contributed by atoms with van der Waals surface area (Å²) >= 11 is 0. The molecule has 1 aromatic heterocycles. The molecule has 1 N–H and O–H groups in total. The van der Waals surface area contributed by atoms with E-state index in [4.69, 9.17) is 9.53 Å². The number of nitrogens with one attached hydrogen (secondary N) is 1. The van der Waals surface area contributed by atoms with Gasteiger partial charge in [-0.2, -0.15) is 5.10 Å². The molecule has 0 spiro atoms. The van der Waals surface area contributed by atoms with Crippen molar-refractivity contribution in [2.45, 2.75) is 33.2 Å². The van der Waals surface area contributed by atoms with Crippen LogP contribution in [0.4, 0.5) is 0 Å². The third-order valence-electron chi connectivity index (χ3n) is 4.76. The van der Waals surface area contributed by atoms with Gasteiger partial charge in [0.05, 0.1) is 18.8 Å². The third kappa shape index (κ3) is 8.12. The maximum atomic E-state index is 12.3. The number of amides is 1. The van der Waals surface area contributed by atoms with E-state index in [2.05, 4.69) is 29.5 Å². The molecule has 2 aromatic carbocycles. The fourth-order valence-electron chi connectivity index (χ4n) is 3.22. The van der Waals surface area contributed by atoms with E-state index in [9.17, 15) is 9.59 Å². The van der Waals surface area contributed by atoms with Crippen molar-refractivity contribution in [1.82, 2.24) is 15.1 Å². The zero-order valence-electron chi connectivity index (χ0n) is 19.4. The van der Waals surface area contributed by atoms with Crippen molar-refractivity contribution in [2.24, 2.45) is 0 Å². The van der Waals surface area contributed by atoms with Crippen LogP contribution in [0.3, 0.4) is 0 Å². The van der Waals surface area contributed by atoms with Crippen LogP contribution in [0.2, 0.25) is 0 Å². The highest BCUT2D eigenvalue weighted by Crippen LogP contribution is 2.17. The number of carbonyl (C=O) groups is 2. The Morgan fingerprint density at radius 3 is 2.45 bits per heavy atom. The molecule has 0 atom stereocenters. The van der Waals surface area contributed by atoms with Crippen LogP contribution < -0.4 is 10.9 Å². The third-order valence-corrected chi connectivity index (χ3v) is 4.76. The average Bonchev–Trinajstić information content (AvgIpc) is 2.82. The molecule has 0 bridgehead atoms. The number of ether oxygens (including phenoxy) is 1. The van der Waals surface area contributed by atoms with Crippen LogP contribution in [0, 0.1) is 0 Å². The van der Waals surface area contributed by atoms with Crippen LogP contribution >= 0.6 is 0 Å². The average molecular weight is 450 g/mol. The van der Waals surface area contributed by atoms with Crippen molar-refractivity contribution >= 4 is 12.2 Å². The SMILES string of the molecule is CC=O.CCCc1cccc(Cn2nc(-c3ccc(C(=O)NCCOC)cc3)ccc2=O)c1. The van der Waals surface area contributed by atoms with E-state index in [1.54, 1.807) is 25.3 Å². The Hall–Kier alpha value is -3.58. The molecule has 1 amide bonds. The van der Waals surface area contributed by atoms with Gasteiger partial charge in [-0.3, -0.25) is 9.59 Å². The van der Waals surface area contributed by atoms with Gasteiger partial charge in [-0.05, 0) is 42.7 Å². The lowest BCUT2D eigenvalue weighted by Gasteiger charge is -2.09. The Kier molecular flexibility index (Phi) is 10.7. The molecule has 0 fully saturated rings. The van der Waals surface area contributed by atoms with Crippen molar-refractivity contribution in [2.75, 3.05) is 20.3 Å². The summed E-state index contributed by atoms with van der Waals surface area (Å²) in [6.45, 7) is 4.95. The highest BCUT2D eigenvalue weighted by molar-refractivity contribution is 5.94. The van der Waals surface area contributed by atoms with Crippen molar-refractivity contribution in [3.05, 3.63) is 87.7 Å². The van der Waals surface area contributed by atoms with E-state index in [0.717, 1.165) is 30.3 Å². The summed E-state index contributed by atoms with van der Waals surface area (Å²) in [6.07, 6.45) is 2.85. The number of aldehydes is 1. The first-order valence-corrected chi connectivity index (χ1v) is 11.0. The van der Waals surface area contributed by atoms with Gasteiger partial charge in [-0.25, -0.2) is 4.68 Å². The second kappa shape index (κ2) is 13.8. The Balaban J connectivity index is 0.00000122. The molecular weight excluding hydrogens is 418 g/mol. The van der Waals surface area contributed by atoms with Gasteiger partial charge in [0.1, 0.15) is 6.29 Å². The number of hydrogen-bond acceptors (Lipinski definition) is 5. The van der Waals surface area contributed by atoms with Crippen molar-refractivity contribution in [3.63, 3.8) is 0 Å². The molecule has 7 heteroatoms. The number of nitrogens with zero attached hydrogens (tertiary/aromatic N) is 2. The first-order valence-electron chi connectivity index (χ1n) is 11.0. The molecular formula is C26H31N3O4. The highest BCUT2D eigenvalue weighted by atomic mass is 16.5. The fraction of sp³-hybridized carbons (Fsp3) is 0.308. The summed E-state index contributed by atoms with van der Waals surface area (Å²) in [4.78, 5) is 33.2. The maximum Gasteiger partial charge on any atom is 0.267 e. The minimum absolute atomic E-state index is 0.145. The van der Waals surface area contributed by atoms with Crippen LogP contribution in [0.15, 0.2) is 65.5 Å². The normalized spacial score (nSPS) is 10.2.